The van der Waals surface area contributed by atoms with Gasteiger partial charge in [0.1, 0.15) is 6.10 Å². The van der Waals surface area contributed by atoms with Crippen LogP contribution in [0.1, 0.15) is 19.8 Å². The van der Waals surface area contributed by atoms with E-state index in [0.717, 1.165) is 13.0 Å². The Labute approximate surface area is 75.0 Å². The summed E-state index contributed by atoms with van der Waals surface area (Å²) in [6, 6.07) is 0. The van der Waals surface area contributed by atoms with Crippen molar-refractivity contribution in [1.29, 1.82) is 0 Å². The van der Waals surface area contributed by atoms with Gasteiger partial charge in [0.25, 0.3) is 0 Å². The van der Waals surface area contributed by atoms with E-state index in [9.17, 15) is 0 Å². The summed E-state index contributed by atoms with van der Waals surface area (Å²) in [5.41, 5.74) is 0. The monoisotopic (exact) mass is 176 g/mol. The third-order valence-electron chi connectivity index (χ3n) is 1.63. The molecule has 3 heteroatoms. The molecule has 0 aliphatic heterocycles. The molecule has 1 atom stereocenters. The molecule has 0 aromatic rings. The van der Waals surface area contributed by atoms with Crippen molar-refractivity contribution in [2.45, 2.75) is 25.9 Å². The minimum absolute atomic E-state index is 0.0758. The van der Waals surface area contributed by atoms with E-state index in [0.29, 0.717) is 13.2 Å². The topological polar surface area (TPSA) is 27.7 Å². The van der Waals surface area contributed by atoms with Crippen LogP contribution in [0.25, 0.3) is 0 Å². The fourth-order valence-corrected chi connectivity index (χ4v) is 0.831. The molecule has 0 unspecified atom stereocenters. The van der Waals surface area contributed by atoms with Gasteiger partial charge in [-0.25, -0.2) is 0 Å². The van der Waals surface area contributed by atoms with Gasteiger partial charge in [0.2, 0.25) is 0 Å². The maximum atomic E-state index is 5.37. The molecule has 0 N–H and O–H groups in total. The van der Waals surface area contributed by atoms with E-state index in [2.05, 4.69) is 6.92 Å². The highest BCUT2D eigenvalue weighted by Gasteiger charge is 2.05. The number of rotatable bonds is 8. The van der Waals surface area contributed by atoms with Gasteiger partial charge in [-0.1, -0.05) is 13.3 Å². The Balaban J connectivity index is 3.19. The van der Waals surface area contributed by atoms with Crippen molar-refractivity contribution in [1.82, 2.24) is 0 Å². The summed E-state index contributed by atoms with van der Waals surface area (Å²) in [5.74, 6) is 0. The third-order valence-corrected chi connectivity index (χ3v) is 1.63. The lowest BCUT2D eigenvalue weighted by Gasteiger charge is -2.13. The molecule has 0 amide bonds. The molecule has 0 spiro atoms. The van der Waals surface area contributed by atoms with E-state index in [-0.39, 0.29) is 6.10 Å². The van der Waals surface area contributed by atoms with Crippen LogP contribution in [0.15, 0.2) is 0 Å². The fraction of sp³-hybridized carbons (Fsp3) is 1.00. The van der Waals surface area contributed by atoms with E-state index in [1.807, 2.05) is 0 Å². The van der Waals surface area contributed by atoms with Crippen LogP contribution in [0, 0.1) is 0 Å². The van der Waals surface area contributed by atoms with Gasteiger partial charge in [0.15, 0.2) is 0 Å². The lowest BCUT2D eigenvalue weighted by molar-refractivity contribution is -0.0306. The molecule has 0 rings (SSSR count). The quantitative estimate of drug-likeness (QED) is 0.524. The summed E-state index contributed by atoms with van der Waals surface area (Å²) < 4.78 is 15.4. The Morgan fingerprint density at radius 3 is 2.42 bits per heavy atom. The second kappa shape index (κ2) is 8.97. The molecule has 3 nitrogen and oxygen atoms in total. The predicted octanol–water partition coefficient (Wildman–Crippen LogP) is 1.46. The lowest BCUT2D eigenvalue weighted by atomic mass is 10.3. The van der Waals surface area contributed by atoms with Crippen LogP contribution >= 0.6 is 0 Å². The van der Waals surface area contributed by atoms with Crippen LogP contribution in [0.2, 0.25) is 0 Å². The normalized spacial score (nSPS) is 13.2. The molecule has 0 aromatic heterocycles. The SMILES string of the molecule is CCCCOC[C@H](COC)OC. The summed E-state index contributed by atoms with van der Waals surface area (Å²) in [5, 5.41) is 0. The number of methoxy groups -OCH3 is 2. The molecule has 0 aromatic carbocycles. The number of ether oxygens (including phenoxy) is 3. The summed E-state index contributed by atoms with van der Waals surface area (Å²) in [6.07, 6.45) is 2.36. The second-order valence-electron chi connectivity index (χ2n) is 2.74. The third kappa shape index (κ3) is 6.58. The largest absolute Gasteiger partial charge is 0.382 e. The number of hydrogen-bond acceptors (Lipinski definition) is 3. The van der Waals surface area contributed by atoms with Crippen molar-refractivity contribution >= 4 is 0 Å². The first kappa shape index (κ1) is 11.9. The first-order valence-corrected chi connectivity index (χ1v) is 4.44. The van der Waals surface area contributed by atoms with Crippen molar-refractivity contribution in [3.05, 3.63) is 0 Å². The molecular weight excluding hydrogens is 156 g/mol. The summed E-state index contributed by atoms with van der Waals surface area (Å²) >= 11 is 0. The second-order valence-corrected chi connectivity index (χ2v) is 2.74. The maximum absolute atomic E-state index is 5.37. The zero-order chi connectivity index (χ0) is 9.23. The first-order valence-electron chi connectivity index (χ1n) is 4.44. The highest BCUT2D eigenvalue weighted by atomic mass is 16.5. The van der Waals surface area contributed by atoms with Crippen LogP contribution in [-0.2, 0) is 14.2 Å². The first-order chi connectivity index (χ1) is 5.85. The molecule has 74 valence electrons. The maximum Gasteiger partial charge on any atom is 0.104 e. The van der Waals surface area contributed by atoms with Gasteiger partial charge in [-0.3, -0.25) is 0 Å². The Bertz CT molecular complexity index is 85.8. The zero-order valence-electron chi connectivity index (χ0n) is 8.34. The van der Waals surface area contributed by atoms with Gasteiger partial charge < -0.3 is 14.2 Å². The minimum Gasteiger partial charge on any atom is -0.382 e. The van der Waals surface area contributed by atoms with E-state index in [4.69, 9.17) is 14.2 Å². The van der Waals surface area contributed by atoms with Crippen molar-refractivity contribution in [2.75, 3.05) is 34.0 Å². The Morgan fingerprint density at radius 2 is 1.92 bits per heavy atom. The molecule has 0 fully saturated rings. The van der Waals surface area contributed by atoms with Gasteiger partial charge in [-0.15, -0.1) is 0 Å². The number of hydrogen-bond donors (Lipinski definition) is 0. The van der Waals surface area contributed by atoms with Crippen molar-refractivity contribution in [3.63, 3.8) is 0 Å². The highest BCUT2D eigenvalue weighted by molar-refractivity contribution is 4.52. The summed E-state index contributed by atoms with van der Waals surface area (Å²) in [6.45, 7) is 4.19. The van der Waals surface area contributed by atoms with E-state index in [1.54, 1.807) is 14.2 Å². The van der Waals surface area contributed by atoms with E-state index >= 15 is 0 Å². The summed E-state index contributed by atoms with van der Waals surface area (Å²) in [4.78, 5) is 0. The molecule has 0 radical (unpaired) electrons. The average molecular weight is 176 g/mol. The Hall–Kier alpha value is -0.120. The zero-order valence-corrected chi connectivity index (χ0v) is 8.34. The summed E-state index contributed by atoms with van der Waals surface area (Å²) in [7, 11) is 3.34. The van der Waals surface area contributed by atoms with Crippen molar-refractivity contribution in [3.8, 4) is 0 Å². The van der Waals surface area contributed by atoms with Crippen molar-refractivity contribution in [2.24, 2.45) is 0 Å². The predicted molar refractivity (Wildman–Crippen MR) is 48.4 cm³/mol. The molecule has 0 saturated heterocycles. The molecule has 0 aliphatic carbocycles. The van der Waals surface area contributed by atoms with Crippen LogP contribution in [-0.4, -0.2) is 40.1 Å². The fourth-order valence-electron chi connectivity index (χ4n) is 0.831. The van der Waals surface area contributed by atoms with Gasteiger partial charge in [-0.05, 0) is 6.42 Å². The molecule has 0 heterocycles. The van der Waals surface area contributed by atoms with Crippen LogP contribution < -0.4 is 0 Å². The molecule has 12 heavy (non-hydrogen) atoms. The van der Waals surface area contributed by atoms with Crippen LogP contribution in [0.5, 0.6) is 0 Å². The Kier molecular flexibility index (Phi) is 8.88. The van der Waals surface area contributed by atoms with Gasteiger partial charge in [0.05, 0.1) is 13.2 Å². The van der Waals surface area contributed by atoms with Crippen LogP contribution in [0.4, 0.5) is 0 Å². The van der Waals surface area contributed by atoms with E-state index < -0.39 is 0 Å². The van der Waals surface area contributed by atoms with Crippen molar-refractivity contribution < 1.29 is 14.2 Å². The van der Waals surface area contributed by atoms with E-state index in [1.165, 1.54) is 6.42 Å². The van der Waals surface area contributed by atoms with Crippen LogP contribution in [0.3, 0.4) is 0 Å². The standard InChI is InChI=1S/C9H20O3/c1-4-5-6-12-8-9(11-3)7-10-2/h9H,4-8H2,1-3H3/t9-/m0/s1. The highest BCUT2D eigenvalue weighted by Crippen LogP contribution is 1.94. The minimum atomic E-state index is 0.0758. The average Bonchev–Trinajstić information content (AvgIpc) is 2.10. The van der Waals surface area contributed by atoms with Gasteiger partial charge in [-0.2, -0.15) is 0 Å². The Morgan fingerprint density at radius 1 is 1.17 bits per heavy atom. The molecule has 0 saturated carbocycles. The lowest BCUT2D eigenvalue weighted by Crippen LogP contribution is -2.23. The molecule has 0 aliphatic rings. The molecular formula is C9H20O3. The smallest absolute Gasteiger partial charge is 0.104 e. The number of unbranched alkanes of at least 4 members (excludes halogenated alkanes) is 1. The van der Waals surface area contributed by atoms with Gasteiger partial charge >= 0.3 is 0 Å². The van der Waals surface area contributed by atoms with Gasteiger partial charge in [0, 0.05) is 20.8 Å². The molecule has 0 bridgehead atoms.